The first kappa shape index (κ1) is 12.1. The second-order valence-corrected chi connectivity index (χ2v) is 3.58. The highest BCUT2D eigenvalue weighted by molar-refractivity contribution is 5.08. The van der Waals surface area contributed by atoms with Gasteiger partial charge in [0.05, 0.1) is 18.0 Å². The minimum absolute atomic E-state index is 0.100. The van der Waals surface area contributed by atoms with Gasteiger partial charge in [0, 0.05) is 19.7 Å². The number of hydrogen-bond donors (Lipinski definition) is 1. The van der Waals surface area contributed by atoms with E-state index in [-0.39, 0.29) is 18.0 Å². The van der Waals surface area contributed by atoms with Crippen molar-refractivity contribution in [3.05, 3.63) is 29.8 Å². The molecule has 0 aliphatic heterocycles. The van der Waals surface area contributed by atoms with Crippen molar-refractivity contribution in [2.75, 3.05) is 13.7 Å². The Hall–Kier alpha value is -1.00. The molecular formula is C11H17FN2O. The molecular weight excluding hydrogens is 195 g/mol. The van der Waals surface area contributed by atoms with E-state index in [9.17, 15) is 4.39 Å². The van der Waals surface area contributed by atoms with Crippen LogP contribution in [-0.4, -0.2) is 24.7 Å². The second-order valence-electron chi connectivity index (χ2n) is 3.58. The van der Waals surface area contributed by atoms with E-state index in [1.54, 1.807) is 13.2 Å². The van der Waals surface area contributed by atoms with Crippen molar-refractivity contribution < 1.29 is 9.13 Å². The summed E-state index contributed by atoms with van der Waals surface area (Å²) in [5, 5.41) is 3.26. The van der Waals surface area contributed by atoms with Crippen LogP contribution in [0.5, 0.6) is 0 Å². The molecule has 0 amide bonds. The summed E-state index contributed by atoms with van der Waals surface area (Å²) in [5.74, 6) is -0.309. The van der Waals surface area contributed by atoms with Gasteiger partial charge in [0.25, 0.3) is 0 Å². The summed E-state index contributed by atoms with van der Waals surface area (Å²) in [4.78, 5) is 4.00. The maximum Gasteiger partial charge on any atom is 0.141 e. The number of pyridine rings is 1. The third-order valence-electron chi connectivity index (χ3n) is 2.31. The molecule has 1 aromatic heterocycles. The standard InChI is InChI=1S/C11H17FN2O/c1-8(15-3)6-13-9(2)11-5-4-10(12)7-14-11/h4-5,7-9,13H,6H2,1-3H3. The van der Waals surface area contributed by atoms with Crippen LogP contribution in [0.4, 0.5) is 4.39 Å². The van der Waals surface area contributed by atoms with Gasteiger partial charge in [-0.1, -0.05) is 0 Å². The van der Waals surface area contributed by atoms with Crippen LogP contribution in [0.25, 0.3) is 0 Å². The van der Waals surface area contributed by atoms with E-state index < -0.39 is 0 Å². The number of methoxy groups -OCH3 is 1. The molecule has 2 unspecified atom stereocenters. The maximum atomic E-state index is 12.6. The largest absolute Gasteiger partial charge is 0.380 e. The number of aromatic nitrogens is 1. The molecule has 15 heavy (non-hydrogen) atoms. The van der Waals surface area contributed by atoms with Crippen molar-refractivity contribution in [3.63, 3.8) is 0 Å². The lowest BCUT2D eigenvalue weighted by Crippen LogP contribution is -2.28. The van der Waals surface area contributed by atoms with Crippen molar-refractivity contribution in [1.29, 1.82) is 0 Å². The van der Waals surface area contributed by atoms with Gasteiger partial charge in [0.2, 0.25) is 0 Å². The molecule has 0 saturated carbocycles. The van der Waals surface area contributed by atoms with Gasteiger partial charge in [-0.25, -0.2) is 4.39 Å². The zero-order valence-electron chi connectivity index (χ0n) is 9.33. The molecule has 0 saturated heterocycles. The smallest absolute Gasteiger partial charge is 0.141 e. The van der Waals surface area contributed by atoms with Crippen LogP contribution < -0.4 is 5.32 Å². The molecule has 4 heteroatoms. The van der Waals surface area contributed by atoms with Crippen LogP contribution in [0.1, 0.15) is 25.6 Å². The molecule has 1 rings (SSSR count). The fourth-order valence-corrected chi connectivity index (χ4v) is 1.17. The third-order valence-corrected chi connectivity index (χ3v) is 2.31. The SMILES string of the molecule is COC(C)CNC(C)c1ccc(F)cn1. The van der Waals surface area contributed by atoms with Crippen LogP contribution in [0.2, 0.25) is 0 Å². The monoisotopic (exact) mass is 212 g/mol. The Morgan fingerprint density at radius 2 is 2.20 bits per heavy atom. The summed E-state index contributed by atoms with van der Waals surface area (Å²) in [5.41, 5.74) is 0.833. The average Bonchev–Trinajstić information content (AvgIpc) is 2.26. The first-order valence-corrected chi connectivity index (χ1v) is 5.01. The van der Waals surface area contributed by atoms with Gasteiger partial charge in [0.15, 0.2) is 0 Å². The fraction of sp³-hybridized carbons (Fsp3) is 0.545. The normalized spacial score (nSPS) is 14.9. The van der Waals surface area contributed by atoms with Crippen molar-refractivity contribution in [2.45, 2.75) is 26.0 Å². The van der Waals surface area contributed by atoms with Gasteiger partial charge >= 0.3 is 0 Å². The van der Waals surface area contributed by atoms with Gasteiger partial charge in [-0.3, -0.25) is 4.98 Å². The lowest BCUT2D eigenvalue weighted by molar-refractivity contribution is 0.114. The lowest BCUT2D eigenvalue weighted by Gasteiger charge is -2.16. The Balaban J connectivity index is 2.46. The van der Waals surface area contributed by atoms with E-state index in [2.05, 4.69) is 10.3 Å². The highest BCUT2D eigenvalue weighted by Crippen LogP contribution is 2.09. The van der Waals surface area contributed by atoms with Gasteiger partial charge in [0.1, 0.15) is 5.82 Å². The molecule has 0 radical (unpaired) electrons. The average molecular weight is 212 g/mol. The number of halogens is 1. The number of ether oxygens (including phenoxy) is 1. The molecule has 0 fully saturated rings. The molecule has 1 N–H and O–H groups in total. The van der Waals surface area contributed by atoms with Gasteiger partial charge in [-0.15, -0.1) is 0 Å². The zero-order valence-corrected chi connectivity index (χ0v) is 9.33. The van der Waals surface area contributed by atoms with Crippen molar-refractivity contribution in [3.8, 4) is 0 Å². The quantitative estimate of drug-likeness (QED) is 0.809. The van der Waals surface area contributed by atoms with Crippen LogP contribution in [0.15, 0.2) is 18.3 Å². The molecule has 3 nitrogen and oxygen atoms in total. The Labute approximate surface area is 89.7 Å². The molecule has 2 atom stereocenters. The lowest BCUT2D eigenvalue weighted by atomic mass is 10.2. The topological polar surface area (TPSA) is 34.1 Å². The number of rotatable bonds is 5. The van der Waals surface area contributed by atoms with E-state index >= 15 is 0 Å². The summed E-state index contributed by atoms with van der Waals surface area (Å²) in [7, 11) is 1.67. The molecule has 1 aromatic rings. The summed E-state index contributed by atoms with van der Waals surface area (Å²) < 4.78 is 17.7. The Bertz CT molecular complexity index is 289. The second kappa shape index (κ2) is 5.78. The maximum absolute atomic E-state index is 12.6. The summed E-state index contributed by atoms with van der Waals surface area (Å²) in [6.45, 7) is 4.72. The van der Waals surface area contributed by atoms with Crippen LogP contribution in [0, 0.1) is 5.82 Å². The molecule has 0 bridgehead atoms. The van der Waals surface area contributed by atoms with E-state index in [0.717, 1.165) is 12.2 Å². The van der Waals surface area contributed by atoms with E-state index in [0.29, 0.717) is 0 Å². The Morgan fingerprint density at radius 1 is 1.47 bits per heavy atom. The molecule has 1 heterocycles. The number of nitrogens with zero attached hydrogens (tertiary/aromatic N) is 1. The molecule has 0 aliphatic rings. The van der Waals surface area contributed by atoms with E-state index in [1.165, 1.54) is 12.3 Å². The third kappa shape index (κ3) is 3.93. The summed E-state index contributed by atoms with van der Waals surface area (Å²) >= 11 is 0. The van der Waals surface area contributed by atoms with Gasteiger partial charge in [-0.2, -0.15) is 0 Å². The van der Waals surface area contributed by atoms with Gasteiger partial charge < -0.3 is 10.1 Å². The highest BCUT2D eigenvalue weighted by atomic mass is 19.1. The number of hydrogen-bond acceptors (Lipinski definition) is 3. The minimum atomic E-state index is -0.309. The predicted molar refractivity (Wildman–Crippen MR) is 57.1 cm³/mol. The van der Waals surface area contributed by atoms with E-state index in [4.69, 9.17) is 4.74 Å². The molecule has 84 valence electrons. The van der Waals surface area contributed by atoms with Crippen LogP contribution >= 0.6 is 0 Å². The predicted octanol–water partition coefficient (Wildman–Crippen LogP) is 1.91. The van der Waals surface area contributed by atoms with Crippen LogP contribution in [-0.2, 0) is 4.74 Å². The summed E-state index contributed by atoms with van der Waals surface area (Å²) in [6, 6.07) is 3.20. The highest BCUT2D eigenvalue weighted by Gasteiger charge is 2.07. The van der Waals surface area contributed by atoms with Crippen molar-refractivity contribution >= 4 is 0 Å². The van der Waals surface area contributed by atoms with Crippen molar-refractivity contribution in [1.82, 2.24) is 10.3 Å². The van der Waals surface area contributed by atoms with Crippen molar-refractivity contribution in [2.24, 2.45) is 0 Å². The van der Waals surface area contributed by atoms with Gasteiger partial charge in [-0.05, 0) is 26.0 Å². The first-order chi connectivity index (χ1) is 7.13. The molecule has 0 aliphatic carbocycles. The van der Waals surface area contributed by atoms with Crippen LogP contribution in [0.3, 0.4) is 0 Å². The van der Waals surface area contributed by atoms with E-state index in [1.807, 2.05) is 13.8 Å². The zero-order chi connectivity index (χ0) is 11.3. The molecule has 0 aromatic carbocycles. The Kier molecular flexibility index (Phi) is 4.65. The fourth-order valence-electron chi connectivity index (χ4n) is 1.17. The molecule has 0 spiro atoms. The Morgan fingerprint density at radius 3 is 2.73 bits per heavy atom. The first-order valence-electron chi connectivity index (χ1n) is 5.01. The number of nitrogens with one attached hydrogen (secondary N) is 1. The minimum Gasteiger partial charge on any atom is -0.380 e. The summed E-state index contributed by atoms with van der Waals surface area (Å²) in [6.07, 6.45) is 1.39.